The molecule has 0 atom stereocenters. The van der Waals surface area contributed by atoms with Gasteiger partial charge in [0.25, 0.3) is 0 Å². The molecule has 0 saturated heterocycles. The summed E-state index contributed by atoms with van der Waals surface area (Å²) >= 11 is 0. The van der Waals surface area contributed by atoms with Crippen LogP contribution < -0.4 is 16.0 Å². The smallest absolute Gasteiger partial charge is 0.242 e. The van der Waals surface area contributed by atoms with Crippen LogP contribution in [-0.2, 0) is 0 Å². The Balaban J connectivity index is 2.06. The average Bonchev–Trinajstić information content (AvgIpc) is 2.87. The van der Waals surface area contributed by atoms with E-state index in [-0.39, 0.29) is 11.8 Å². The minimum absolute atomic E-state index is 0.170. The van der Waals surface area contributed by atoms with Gasteiger partial charge in [0.2, 0.25) is 11.8 Å². The summed E-state index contributed by atoms with van der Waals surface area (Å²) in [6.07, 6.45) is 1.52. The molecular weight excluding hydrogens is 251 g/mol. The molecule has 0 radical (unpaired) electrons. The van der Waals surface area contributed by atoms with Crippen molar-refractivity contribution in [2.45, 2.75) is 0 Å². The highest BCUT2D eigenvalue weighted by Crippen LogP contribution is 2.27. The van der Waals surface area contributed by atoms with Crippen LogP contribution in [0, 0.1) is 5.82 Å². The van der Waals surface area contributed by atoms with Gasteiger partial charge in [0.05, 0.1) is 6.20 Å². The summed E-state index contributed by atoms with van der Waals surface area (Å²) in [5.41, 5.74) is 2.79. The maximum atomic E-state index is 13.1. The molecule has 0 aliphatic carbocycles. The van der Waals surface area contributed by atoms with Crippen LogP contribution in [0.2, 0.25) is 0 Å². The minimum Gasteiger partial charge on any atom is -0.438 e. The Bertz CT molecular complexity index is 728. The van der Waals surface area contributed by atoms with Crippen molar-refractivity contribution in [1.82, 2.24) is 20.2 Å². The number of rotatable bonds is 3. The molecule has 0 aliphatic rings. The Morgan fingerprint density at radius 2 is 2.21 bits per heavy atom. The predicted molar refractivity (Wildman–Crippen MR) is 66.0 cm³/mol. The van der Waals surface area contributed by atoms with Crippen LogP contribution in [0.3, 0.4) is 0 Å². The van der Waals surface area contributed by atoms with Crippen molar-refractivity contribution in [2.75, 3.05) is 5.43 Å². The van der Waals surface area contributed by atoms with Gasteiger partial charge in [0.1, 0.15) is 17.0 Å². The molecule has 8 heteroatoms. The summed E-state index contributed by atoms with van der Waals surface area (Å²) in [6.45, 7) is 0. The molecule has 19 heavy (non-hydrogen) atoms. The quantitative estimate of drug-likeness (QED) is 0.488. The highest BCUT2D eigenvalue weighted by molar-refractivity contribution is 5.80. The zero-order chi connectivity index (χ0) is 13.2. The number of hydrogen-bond acceptors (Lipinski definition) is 6. The zero-order valence-corrected chi connectivity index (χ0v) is 9.59. The maximum absolute atomic E-state index is 13.1. The Morgan fingerprint density at radius 3 is 3.00 bits per heavy atom. The molecule has 0 unspecified atom stereocenters. The Hall–Kier alpha value is -2.74. The zero-order valence-electron chi connectivity index (χ0n) is 9.59. The normalized spacial score (nSPS) is 10.6. The molecular formula is C11H9FN6O. The fraction of sp³-hybridized carbons (Fsp3) is 0. The van der Waals surface area contributed by atoms with E-state index in [9.17, 15) is 4.39 Å². The number of nitrogens with zero attached hydrogens (tertiary/aromatic N) is 3. The van der Waals surface area contributed by atoms with Crippen LogP contribution in [0.25, 0.3) is 11.0 Å². The van der Waals surface area contributed by atoms with Gasteiger partial charge in [-0.15, -0.1) is 0 Å². The van der Waals surface area contributed by atoms with Crippen molar-refractivity contribution in [2.24, 2.45) is 5.84 Å². The summed E-state index contributed by atoms with van der Waals surface area (Å²) < 4.78 is 18.6. The second-order valence-electron chi connectivity index (χ2n) is 3.69. The van der Waals surface area contributed by atoms with Crippen molar-refractivity contribution in [3.63, 3.8) is 0 Å². The Kier molecular flexibility index (Phi) is 2.69. The standard InChI is InChI=1S/C11H9FN6O/c12-6-2-1-3-7(4-6)19-10-8-5-14-18-9(8)15-11(16-10)17-13/h1-5H,13H2,(H2,14,15,16,17,18). The third-order valence-corrected chi connectivity index (χ3v) is 2.41. The number of hydrazine groups is 1. The number of aromatic nitrogens is 4. The van der Waals surface area contributed by atoms with Gasteiger partial charge in [0, 0.05) is 6.07 Å². The van der Waals surface area contributed by atoms with Gasteiger partial charge in [0.15, 0.2) is 5.65 Å². The number of ether oxygens (including phenoxy) is 1. The lowest BCUT2D eigenvalue weighted by molar-refractivity contribution is 0.464. The number of nitrogens with one attached hydrogen (secondary N) is 2. The molecule has 2 aromatic heterocycles. The van der Waals surface area contributed by atoms with Crippen LogP contribution in [0.4, 0.5) is 10.3 Å². The summed E-state index contributed by atoms with van der Waals surface area (Å²) in [7, 11) is 0. The van der Waals surface area contributed by atoms with Gasteiger partial charge in [-0.25, -0.2) is 10.2 Å². The van der Waals surface area contributed by atoms with Gasteiger partial charge in [-0.1, -0.05) is 6.07 Å². The van der Waals surface area contributed by atoms with Crippen LogP contribution in [-0.4, -0.2) is 20.2 Å². The fourth-order valence-electron chi connectivity index (χ4n) is 1.59. The van der Waals surface area contributed by atoms with Crippen LogP contribution in [0.5, 0.6) is 11.6 Å². The fourth-order valence-corrected chi connectivity index (χ4v) is 1.59. The van der Waals surface area contributed by atoms with Crippen molar-refractivity contribution in [1.29, 1.82) is 0 Å². The van der Waals surface area contributed by atoms with E-state index in [1.165, 1.54) is 18.3 Å². The lowest BCUT2D eigenvalue weighted by Gasteiger charge is -2.07. The van der Waals surface area contributed by atoms with E-state index in [4.69, 9.17) is 10.6 Å². The molecule has 0 fully saturated rings. The third-order valence-electron chi connectivity index (χ3n) is 2.41. The van der Waals surface area contributed by atoms with Crippen LogP contribution in [0.1, 0.15) is 0 Å². The summed E-state index contributed by atoms with van der Waals surface area (Å²) in [5, 5.41) is 7.10. The van der Waals surface area contributed by atoms with Crippen molar-refractivity contribution in [3.8, 4) is 11.6 Å². The molecule has 0 aliphatic heterocycles. The Morgan fingerprint density at radius 1 is 1.32 bits per heavy atom. The summed E-state index contributed by atoms with van der Waals surface area (Å²) in [4.78, 5) is 8.12. The summed E-state index contributed by atoms with van der Waals surface area (Å²) in [6, 6.07) is 5.74. The highest BCUT2D eigenvalue weighted by atomic mass is 19.1. The molecule has 2 heterocycles. The summed E-state index contributed by atoms with van der Waals surface area (Å²) in [5.74, 6) is 5.60. The van der Waals surface area contributed by atoms with E-state index >= 15 is 0 Å². The molecule has 3 aromatic rings. The van der Waals surface area contributed by atoms with Crippen LogP contribution in [0.15, 0.2) is 30.5 Å². The first-order valence-corrected chi connectivity index (χ1v) is 5.37. The number of aromatic amines is 1. The molecule has 3 rings (SSSR count). The SMILES string of the molecule is NNc1nc(Oc2cccc(F)c2)c2cn[nH]c2n1. The van der Waals surface area contributed by atoms with Gasteiger partial charge < -0.3 is 4.74 Å². The van der Waals surface area contributed by atoms with E-state index < -0.39 is 5.82 Å². The predicted octanol–water partition coefficient (Wildman–Crippen LogP) is 1.57. The van der Waals surface area contributed by atoms with Gasteiger partial charge >= 0.3 is 0 Å². The maximum Gasteiger partial charge on any atom is 0.242 e. The van der Waals surface area contributed by atoms with Crippen molar-refractivity contribution < 1.29 is 9.13 Å². The number of halogens is 1. The molecule has 96 valence electrons. The molecule has 0 amide bonds. The molecule has 4 N–H and O–H groups in total. The molecule has 1 aromatic carbocycles. The first-order valence-electron chi connectivity index (χ1n) is 5.37. The first kappa shape index (κ1) is 11.4. The first-order chi connectivity index (χ1) is 9.26. The van der Waals surface area contributed by atoms with Gasteiger partial charge in [-0.05, 0) is 12.1 Å². The number of hydrogen-bond donors (Lipinski definition) is 3. The van der Waals surface area contributed by atoms with Gasteiger partial charge in [-0.2, -0.15) is 15.1 Å². The average molecular weight is 260 g/mol. The monoisotopic (exact) mass is 260 g/mol. The second-order valence-corrected chi connectivity index (χ2v) is 3.69. The van der Waals surface area contributed by atoms with E-state index in [1.54, 1.807) is 12.1 Å². The molecule has 0 bridgehead atoms. The molecule has 0 spiro atoms. The molecule has 7 nitrogen and oxygen atoms in total. The van der Waals surface area contributed by atoms with Crippen molar-refractivity contribution in [3.05, 3.63) is 36.3 Å². The second kappa shape index (κ2) is 4.50. The number of nitrogens with two attached hydrogens (primary N) is 1. The third kappa shape index (κ3) is 2.16. The van der Waals surface area contributed by atoms with Crippen LogP contribution >= 0.6 is 0 Å². The molecule has 0 saturated carbocycles. The largest absolute Gasteiger partial charge is 0.438 e. The number of H-pyrrole nitrogens is 1. The van der Waals surface area contributed by atoms with Crippen molar-refractivity contribution >= 4 is 17.0 Å². The number of nitrogen functional groups attached to an aromatic ring is 1. The lowest BCUT2D eigenvalue weighted by atomic mass is 10.3. The number of benzene rings is 1. The lowest BCUT2D eigenvalue weighted by Crippen LogP contribution is -2.10. The van der Waals surface area contributed by atoms with E-state index in [0.717, 1.165) is 0 Å². The Labute approximate surface area is 106 Å². The minimum atomic E-state index is -0.396. The van der Waals surface area contributed by atoms with E-state index in [2.05, 4.69) is 25.6 Å². The number of anilines is 1. The van der Waals surface area contributed by atoms with E-state index in [0.29, 0.717) is 16.8 Å². The highest BCUT2D eigenvalue weighted by Gasteiger charge is 2.11. The van der Waals surface area contributed by atoms with E-state index in [1.807, 2.05) is 0 Å². The van der Waals surface area contributed by atoms with Gasteiger partial charge in [-0.3, -0.25) is 10.5 Å². The topological polar surface area (TPSA) is 102 Å². The number of fused-ring (bicyclic) bond motifs is 1.